The highest BCUT2D eigenvalue weighted by Gasteiger charge is 2.22. The van der Waals surface area contributed by atoms with Crippen molar-refractivity contribution >= 4 is 7.82 Å². The fourth-order valence-electron chi connectivity index (χ4n) is 3.04. The summed E-state index contributed by atoms with van der Waals surface area (Å²) in [6, 6.07) is 15.9. The standard InChI is InChI=1S/C22H33N2O7P/c1-23-31-32(25,26)30-17-29-21(15-24(2)3)16-28-22-11-6-5-9-19(22)13-12-18-8-7-10-20(14-18)27-4/h5-11,14,21,23H,12-13,15-17H2,1-4H3,(H,25,26). The molecule has 0 fully saturated rings. The molecule has 2 aromatic carbocycles. The zero-order valence-electron chi connectivity index (χ0n) is 19.0. The summed E-state index contributed by atoms with van der Waals surface area (Å²) < 4.78 is 37.8. The molecule has 0 bridgehead atoms. The van der Waals surface area contributed by atoms with Gasteiger partial charge in [-0.25, -0.2) is 4.57 Å². The monoisotopic (exact) mass is 468 g/mol. The molecule has 0 aliphatic heterocycles. The van der Waals surface area contributed by atoms with Crippen LogP contribution in [0.1, 0.15) is 11.1 Å². The number of hydroxylamine groups is 1. The molecule has 0 aromatic heterocycles. The third-order valence-electron chi connectivity index (χ3n) is 4.51. The van der Waals surface area contributed by atoms with Crippen LogP contribution in [0.25, 0.3) is 0 Å². The van der Waals surface area contributed by atoms with Crippen molar-refractivity contribution in [2.24, 2.45) is 0 Å². The van der Waals surface area contributed by atoms with Crippen molar-refractivity contribution in [2.45, 2.75) is 18.9 Å². The minimum absolute atomic E-state index is 0.250. The van der Waals surface area contributed by atoms with Crippen molar-refractivity contribution in [2.75, 3.05) is 48.2 Å². The molecule has 9 nitrogen and oxygen atoms in total. The largest absolute Gasteiger partial charge is 0.497 e. The van der Waals surface area contributed by atoms with Gasteiger partial charge in [-0.2, -0.15) is 10.1 Å². The highest BCUT2D eigenvalue weighted by atomic mass is 31.2. The Labute approximate surface area is 189 Å². The van der Waals surface area contributed by atoms with Gasteiger partial charge in [-0.15, -0.1) is 0 Å². The van der Waals surface area contributed by atoms with Gasteiger partial charge in [0.2, 0.25) is 0 Å². The zero-order chi connectivity index (χ0) is 23.4. The summed E-state index contributed by atoms with van der Waals surface area (Å²) in [4.78, 5) is 11.4. The van der Waals surface area contributed by atoms with Gasteiger partial charge in [-0.1, -0.05) is 30.3 Å². The van der Waals surface area contributed by atoms with Crippen LogP contribution in [0.3, 0.4) is 0 Å². The maximum absolute atomic E-state index is 11.6. The van der Waals surface area contributed by atoms with Crippen LogP contribution in [0, 0.1) is 0 Å². The van der Waals surface area contributed by atoms with Crippen molar-refractivity contribution in [1.82, 2.24) is 10.4 Å². The number of likely N-dealkylation sites (N-methyl/N-ethyl adjacent to an activating group) is 1. The van der Waals surface area contributed by atoms with E-state index in [0.717, 1.165) is 29.9 Å². The Bertz CT molecular complexity index is 866. The molecule has 0 aliphatic carbocycles. The van der Waals surface area contributed by atoms with Gasteiger partial charge in [0.25, 0.3) is 0 Å². The lowest BCUT2D eigenvalue weighted by Crippen LogP contribution is -2.34. The molecule has 2 aromatic rings. The van der Waals surface area contributed by atoms with E-state index in [1.165, 1.54) is 12.6 Å². The molecule has 178 valence electrons. The summed E-state index contributed by atoms with van der Waals surface area (Å²) in [5, 5.41) is 0. The van der Waals surface area contributed by atoms with Crippen molar-refractivity contribution in [3.05, 3.63) is 59.7 Å². The van der Waals surface area contributed by atoms with E-state index >= 15 is 0 Å². The number of benzene rings is 2. The molecule has 0 spiro atoms. The van der Waals surface area contributed by atoms with Crippen LogP contribution in [0.5, 0.6) is 11.5 Å². The predicted octanol–water partition coefficient (Wildman–Crippen LogP) is 3.03. The molecule has 0 radical (unpaired) electrons. The topological polar surface area (TPSA) is 98.7 Å². The van der Waals surface area contributed by atoms with Crippen molar-refractivity contribution < 1.29 is 32.8 Å². The number of hydrogen-bond acceptors (Lipinski definition) is 8. The quantitative estimate of drug-likeness (QED) is 0.232. The van der Waals surface area contributed by atoms with E-state index in [9.17, 15) is 9.46 Å². The Kier molecular flexibility index (Phi) is 11.1. The summed E-state index contributed by atoms with van der Waals surface area (Å²) in [5.41, 5.74) is 4.39. The third kappa shape index (κ3) is 9.67. The Balaban J connectivity index is 1.94. The lowest BCUT2D eigenvalue weighted by Gasteiger charge is -2.23. The molecule has 0 amide bonds. The van der Waals surface area contributed by atoms with Gasteiger partial charge in [-0.05, 0) is 56.3 Å². The van der Waals surface area contributed by atoms with Crippen LogP contribution < -0.4 is 15.0 Å². The third-order valence-corrected chi connectivity index (χ3v) is 5.35. The summed E-state index contributed by atoms with van der Waals surface area (Å²) in [7, 11) is 2.62. The molecule has 10 heteroatoms. The second kappa shape index (κ2) is 13.5. The fourth-order valence-corrected chi connectivity index (χ4v) is 3.51. The number of nitrogens with zero attached hydrogens (tertiary/aromatic N) is 1. The van der Waals surface area contributed by atoms with Crippen LogP contribution in [0.15, 0.2) is 48.5 Å². The molecular formula is C22H33N2O7P. The second-order valence-corrected chi connectivity index (χ2v) is 8.71. The van der Waals surface area contributed by atoms with E-state index in [4.69, 9.17) is 18.7 Å². The normalized spacial score (nSPS) is 14.2. The minimum Gasteiger partial charge on any atom is -0.497 e. The molecular weight excluding hydrogens is 435 g/mol. The van der Waals surface area contributed by atoms with Crippen molar-refractivity contribution in [3.63, 3.8) is 0 Å². The smallest absolute Gasteiger partial charge is 0.490 e. The minimum atomic E-state index is -4.21. The van der Waals surface area contributed by atoms with Crippen molar-refractivity contribution in [1.29, 1.82) is 0 Å². The first-order chi connectivity index (χ1) is 15.3. The first-order valence-corrected chi connectivity index (χ1v) is 11.7. The Morgan fingerprint density at radius 2 is 1.91 bits per heavy atom. The second-order valence-electron chi connectivity index (χ2n) is 7.33. The number of hydrogen-bond donors (Lipinski definition) is 2. The average molecular weight is 468 g/mol. The number of para-hydroxylation sites is 1. The zero-order valence-corrected chi connectivity index (χ0v) is 19.9. The number of rotatable bonds is 15. The number of phosphoric ester groups is 1. The average Bonchev–Trinajstić information content (AvgIpc) is 2.76. The van der Waals surface area contributed by atoms with E-state index in [1.807, 2.05) is 61.5 Å². The Morgan fingerprint density at radius 3 is 2.62 bits per heavy atom. The lowest BCUT2D eigenvalue weighted by molar-refractivity contribution is -0.0738. The maximum Gasteiger partial charge on any atom is 0.490 e. The molecule has 2 rings (SSSR count). The van der Waals surface area contributed by atoms with Crippen LogP contribution in [-0.2, 0) is 31.3 Å². The van der Waals surface area contributed by atoms with E-state index < -0.39 is 14.6 Å². The van der Waals surface area contributed by atoms with Crippen LogP contribution in [0.2, 0.25) is 0 Å². The van der Waals surface area contributed by atoms with Crippen LogP contribution in [-0.4, -0.2) is 64.1 Å². The van der Waals surface area contributed by atoms with Gasteiger partial charge in [0.1, 0.15) is 24.2 Å². The number of phosphoric acid groups is 1. The first kappa shape index (κ1) is 26.3. The molecule has 0 heterocycles. The van der Waals surface area contributed by atoms with E-state index in [1.54, 1.807) is 7.11 Å². The van der Waals surface area contributed by atoms with E-state index in [0.29, 0.717) is 6.54 Å². The Hall–Kier alpha value is -1.97. The number of methoxy groups -OCH3 is 1. The first-order valence-electron chi connectivity index (χ1n) is 10.3. The molecule has 2 atom stereocenters. The summed E-state index contributed by atoms with van der Waals surface area (Å²) in [6.45, 7) is 0.382. The van der Waals surface area contributed by atoms with Gasteiger partial charge in [0.05, 0.1) is 7.11 Å². The van der Waals surface area contributed by atoms with Gasteiger partial charge in [0.15, 0.2) is 6.79 Å². The van der Waals surface area contributed by atoms with Gasteiger partial charge < -0.3 is 24.0 Å². The van der Waals surface area contributed by atoms with E-state index in [2.05, 4.69) is 16.2 Å². The summed E-state index contributed by atoms with van der Waals surface area (Å²) in [6.07, 6.45) is 1.27. The fraction of sp³-hybridized carbons (Fsp3) is 0.455. The maximum atomic E-state index is 11.6. The molecule has 0 saturated heterocycles. The van der Waals surface area contributed by atoms with Crippen LogP contribution >= 0.6 is 7.82 Å². The highest BCUT2D eigenvalue weighted by molar-refractivity contribution is 7.47. The molecule has 32 heavy (non-hydrogen) atoms. The highest BCUT2D eigenvalue weighted by Crippen LogP contribution is 2.41. The lowest BCUT2D eigenvalue weighted by atomic mass is 10.0. The van der Waals surface area contributed by atoms with Gasteiger partial charge in [0, 0.05) is 13.6 Å². The number of aryl methyl sites for hydroxylation is 2. The van der Waals surface area contributed by atoms with E-state index in [-0.39, 0.29) is 12.7 Å². The van der Waals surface area contributed by atoms with Crippen molar-refractivity contribution in [3.8, 4) is 11.5 Å². The molecule has 2 unspecified atom stereocenters. The molecule has 0 aliphatic rings. The summed E-state index contributed by atoms with van der Waals surface area (Å²) >= 11 is 0. The van der Waals surface area contributed by atoms with Gasteiger partial charge >= 0.3 is 7.82 Å². The summed E-state index contributed by atoms with van der Waals surface area (Å²) in [5.74, 6) is 1.61. The molecule has 2 N–H and O–H groups in total. The molecule has 0 saturated carbocycles. The number of nitrogens with one attached hydrogen (secondary N) is 1. The van der Waals surface area contributed by atoms with Crippen LogP contribution in [0.4, 0.5) is 0 Å². The number of ether oxygens (including phenoxy) is 3. The van der Waals surface area contributed by atoms with Gasteiger partial charge in [-0.3, -0.25) is 4.52 Å². The SMILES string of the molecule is CNOP(=O)(O)OCOC(COc1ccccc1CCc1cccc(OC)c1)CN(C)C. The Morgan fingerprint density at radius 1 is 1.12 bits per heavy atom. The predicted molar refractivity (Wildman–Crippen MR) is 122 cm³/mol.